The Morgan fingerprint density at radius 1 is 1.31 bits per heavy atom. The molecule has 1 atom stereocenters. The number of fused-ring (bicyclic) bond motifs is 1. The van der Waals surface area contributed by atoms with E-state index < -0.39 is 0 Å². The van der Waals surface area contributed by atoms with Crippen molar-refractivity contribution in [1.82, 2.24) is 9.55 Å². The molecule has 0 bridgehead atoms. The molecule has 1 aliphatic rings. The number of rotatable bonds is 1. The van der Waals surface area contributed by atoms with E-state index in [1.165, 1.54) is 16.6 Å². The van der Waals surface area contributed by atoms with E-state index in [2.05, 4.69) is 35.5 Å². The van der Waals surface area contributed by atoms with Crippen molar-refractivity contribution >= 4 is 11.0 Å². The van der Waals surface area contributed by atoms with E-state index in [1.807, 2.05) is 6.33 Å². The Balaban J connectivity index is 2.15. The van der Waals surface area contributed by atoms with E-state index >= 15 is 0 Å². The van der Waals surface area contributed by atoms with E-state index in [0.29, 0.717) is 6.04 Å². The molecule has 0 N–H and O–H groups in total. The predicted molar refractivity (Wildman–Crippen MR) is 63.7 cm³/mol. The molecule has 84 valence electrons. The fourth-order valence-electron chi connectivity index (χ4n) is 2.31. The Labute approximate surface area is 95.0 Å². The van der Waals surface area contributed by atoms with Gasteiger partial charge in [0.05, 0.1) is 30.0 Å². The average molecular weight is 216 g/mol. The lowest BCUT2D eigenvalue weighted by Crippen LogP contribution is -2.07. The number of ether oxygens (including phenoxy) is 1. The number of aryl methyl sites for hydroxylation is 2. The maximum absolute atomic E-state index is 5.44. The molecule has 2 heterocycles. The number of aromatic nitrogens is 2. The molecule has 0 spiro atoms. The SMILES string of the molecule is Cc1cc2ncn(C3CCOC3)c2cc1C. The Bertz CT molecular complexity index is 524. The molecule has 1 unspecified atom stereocenters. The van der Waals surface area contributed by atoms with E-state index in [1.54, 1.807) is 0 Å². The van der Waals surface area contributed by atoms with Gasteiger partial charge < -0.3 is 9.30 Å². The predicted octanol–water partition coefficient (Wildman–Crippen LogP) is 2.61. The summed E-state index contributed by atoms with van der Waals surface area (Å²) in [6, 6.07) is 4.86. The highest BCUT2D eigenvalue weighted by molar-refractivity contribution is 5.77. The van der Waals surface area contributed by atoms with Crippen LogP contribution in [0.2, 0.25) is 0 Å². The van der Waals surface area contributed by atoms with Gasteiger partial charge in [-0.15, -0.1) is 0 Å². The zero-order valence-corrected chi connectivity index (χ0v) is 9.73. The molecule has 3 heteroatoms. The minimum absolute atomic E-state index is 0.465. The third-order valence-electron chi connectivity index (χ3n) is 3.49. The van der Waals surface area contributed by atoms with E-state index in [4.69, 9.17) is 4.74 Å². The summed E-state index contributed by atoms with van der Waals surface area (Å²) in [4.78, 5) is 4.47. The number of imidazole rings is 1. The lowest BCUT2D eigenvalue weighted by molar-refractivity contribution is 0.187. The number of nitrogens with zero attached hydrogens (tertiary/aromatic N) is 2. The van der Waals surface area contributed by atoms with Crippen LogP contribution in [-0.2, 0) is 4.74 Å². The largest absolute Gasteiger partial charge is 0.379 e. The van der Waals surface area contributed by atoms with Crippen LogP contribution in [0.25, 0.3) is 11.0 Å². The van der Waals surface area contributed by atoms with Crippen LogP contribution >= 0.6 is 0 Å². The molecule has 1 aliphatic heterocycles. The highest BCUT2D eigenvalue weighted by Gasteiger charge is 2.19. The first-order valence-electron chi connectivity index (χ1n) is 5.77. The highest BCUT2D eigenvalue weighted by Crippen LogP contribution is 2.25. The van der Waals surface area contributed by atoms with Gasteiger partial charge in [0.25, 0.3) is 0 Å². The Hall–Kier alpha value is -1.35. The van der Waals surface area contributed by atoms with Crippen molar-refractivity contribution in [2.75, 3.05) is 13.2 Å². The standard InChI is InChI=1S/C13H16N2O/c1-9-5-12-13(6-10(9)2)15(8-14-12)11-3-4-16-7-11/h5-6,8,11H,3-4,7H2,1-2H3. The van der Waals surface area contributed by atoms with Crippen molar-refractivity contribution in [3.8, 4) is 0 Å². The van der Waals surface area contributed by atoms with Crippen molar-refractivity contribution < 1.29 is 4.74 Å². The minimum Gasteiger partial charge on any atom is -0.379 e. The summed E-state index contributed by atoms with van der Waals surface area (Å²) in [5.41, 5.74) is 4.96. The van der Waals surface area contributed by atoms with E-state index in [9.17, 15) is 0 Å². The quantitative estimate of drug-likeness (QED) is 0.732. The van der Waals surface area contributed by atoms with Crippen LogP contribution in [0.1, 0.15) is 23.6 Å². The van der Waals surface area contributed by atoms with Crippen LogP contribution in [0.3, 0.4) is 0 Å². The van der Waals surface area contributed by atoms with E-state index in [0.717, 1.165) is 25.2 Å². The zero-order valence-electron chi connectivity index (χ0n) is 9.73. The molecule has 16 heavy (non-hydrogen) atoms. The van der Waals surface area contributed by atoms with Crippen molar-refractivity contribution in [1.29, 1.82) is 0 Å². The second kappa shape index (κ2) is 3.59. The fraction of sp³-hybridized carbons (Fsp3) is 0.462. The Morgan fingerprint density at radius 3 is 2.88 bits per heavy atom. The average Bonchev–Trinajstić information content (AvgIpc) is 2.87. The molecule has 0 amide bonds. The molecular weight excluding hydrogens is 200 g/mol. The van der Waals surface area contributed by atoms with Crippen molar-refractivity contribution in [3.05, 3.63) is 29.6 Å². The molecule has 3 rings (SSSR count). The van der Waals surface area contributed by atoms with Gasteiger partial charge in [-0.05, 0) is 43.5 Å². The Morgan fingerprint density at radius 2 is 2.12 bits per heavy atom. The van der Waals surface area contributed by atoms with Gasteiger partial charge in [-0.2, -0.15) is 0 Å². The topological polar surface area (TPSA) is 27.1 Å². The lowest BCUT2D eigenvalue weighted by atomic mass is 10.1. The van der Waals surface area contributed by atoms with Crippen LogP contribution in [0, 0.1) is 13.8 Å². The zero-order chi connectivity index (χ0) is 11.1. The van der Waals surface area contributed by atoms with Crippen LogP contribution in [0.15, 0.2) is 18.5 Å². The van der Waals surface area contributed by atoms with Gasteiger partial charge >= 0.3 is 0 Å². The second-order valence-corrected chi connectivity index (χ2v) is 4.59. The van der Waals surface area contributed by atoms with Gasteiger partial charge in [0.15, 0.2) is 0 Å². The third kappa shape index (κ3) is 1.43. The maximum atomic E-state index is 5.44. The molecule has 0 aliphatic carbocycles. The summed E-state index contributed by atoms with van der Waals surface area (Å²) >= 11 is 0. The molecule has 1 aromatic carbocycles. The summed E-state index contributed by atoms with van der Waals surface area (Å²) in [5, 5.41) is 0. The monoisotopic (exact) mass is 216 g/mol. The van der Waals surface area contributed by atoms with Crippen LogP contribution < -0.4 is 0 Å². The van der Waals surface area contributed by atoms with Crippen LogP contribution in [-0.4, -0.2) is 22.8 Å². The van der Waals surface area contributed by atoms with Gasteiger partial charge in [-0.3, -0.25) is 0 Å². The molecule has 0 radical (unpaired) electrons. The number of benzene rings is 1. The summed E-state index contributed by atoms with van der Waals surface area (Å²) in [6.07, 6.45) is 3.04. The second-order valence-electron chi connectivity index (χ2n) is 4.59. The van der Waals surface area contributed by atoms with Gasteiger partial charge in [0.1, 0.15) is 0 Å². The van der Waals surface area contributed by atoms with Gasteiger partial charge in [-0.25, -0.2) is 4.98 Å². The third-order valence-corrected chi connectivity index (χ3v) is 3.49. The van der Waals surface area contributed by atoms with Crippen molar-refractivity contribution in [2.24, 2.45) is 0 Å². The molecular formula is C13H16N2O. The fourth-order valence-corrected chi connectivity index (χ4v) is 2.31. The van der Waals surface area contributed by atoms with Gasteiger partial charge in [0, 0.05) is 6.61 Å². The first kappa shape index (κ1) is 9.85. The van der Waals surface area contributed by atoms with Crippen molar-refractivity contribution in [2.45, 2.75) is 26.3 Å². The molecule has 3 nitrogen and oxygen atoms in total. The summed E-state index contributed by atoms with van der Waals surface area (Å²) in [7, 11) is 0. The first-order valence-corrected chi connectivity index (χ1v) is 5.77. The van der Waals surface area contributed by atoms with E-state index in [-0.39, 0.29) is 0 Å². The molecule has 1 fully saturated rings. The molecule has 1 aromatic heterocycles. The van der Waals surface area contributed by atoms with Gasteiger partial charge in [-0.1, -0.05) is 0 Å². The van der Waals surface area contributed by atoms with Gasteiger partial charge in [0.2, 0.25) is 0 Å². The number of hydrogen-bond donors (Lipinski definition) is 0. The summed E-state index contributed by atoms with van der Waals surface area (Å²) in [5.74, 6) is 0. The minimum atomic E-state index is 0.465. The molecule has 0 saturated carbocycles. The normalized spacial score (nSPS) is 20.8. The number of hydrogen-bond acceptors (Lipinski definition) is 2. The maximum Gasteiger partial charge on any atom is 0.0961 e. The highest BCUT2D eigenvalue weighted by atomic mass is 16.5. The van der Waals surface area contributed by atoms with Crippen LogP contribution in [0.5, 0.6) is 0 Å². The van der Waals surface area contributed by atoms with Crippen molar-refractivity contribution in [3.63, 3.8) is 0 Å². The molecule has 2 aromatic rings. The summed E-state index contributed by atoms with van der Waals surface area (Å²) in [6.45, 7) is 5.97. The first-order chi connectivity index (χ1) is 7.75. The Kier molecular flexibility index (Phi) is 2.21. The lowest BCUT2D eigenvalue weighted by Gasteiger charge is -2.11. The molecule has 1 saturated heterocycles. The van der Waals surface area contributed by atoms with Crippen LogP contribution in [0.4, 0.5) is 0 Å². The smallest absolute Gasteiger partial charge is 0.0961 e. The summed E-state index contributed by atoms with van der Waals surface area (Å²) < 4.78 is 7.69.